The number of hydrogen-bond acceptors (Lipinski definition) is 6. The van der Waals surface area contributed by atoms with Gasteiger partial charge in [0.15, 0.2) is 0 Å². The lowest BCUT2D eigenvalue weighted by molar-refractivity contribution is -0.127. The quantitative estimate of drug-likeness (QED) is 0.307. The highest BCUT2D eigenvalue weighted by Gasteiger charge is 2.27. The monoisotopic (exact) mass is 513 g/mol. The van der Waals surface area contributed by atoms with Crippen molar-refractivity contribution in [2.45, 2.75) is 31.7 Å². The van der Waals surface area contributed by atoms with E-state index in [0.717, 1.165) is 22.4 Å². The van der Waals surface area contributed by atoms with Crippen LogP contribution < -0.4 is 15.5 Å². The Morgan fingerprint density at radius 1 is 0.865 bits per heavy atom. The fraction of sp³-hybridized carbons (Fsp3) is 0.241. The lowest BCUT2D eigenvalue weighted by Gasteiger charge is -2.22. The summed E-state index contributed by atoms with van der Waals surface area (Å²) in [5.74, 6) is -0.847. The highest BCUT2D eigenvalue weighted by molar-refractivity contribution is 7.18. The number of aromatic nitrogens is 2. The normalized spacial score (nSPS) is 12.4. The van der Waals surface area contributed by atoms with Gasteiger partial charge in [-0.3, -0.25) is 14.9 Å². The van der Waals surface area contributed by atoms with Gasteiger partial charge in [0.1, 0.15) is 11.0 Å². The van der Waals surface area contributed by atoms with Crippen molar-refractivity contribution in [1.82, 2.24) is 15.5 Å². The molecule has 0 spiro atoms. The summed E-state index contributed by atoms with van der Waals surface area (Å²) in [4.78, 5) is 28.7. The fourth-order valence-electron chi connectivity index (χ4n) is 4.07. The minimum atomic E-state index is -0.764. The van der Waals surface area contributed by atoms with Gasteiger partial charge in [-0.1, -0.05) is 78.9 Å². The van der Waals surface area contributed by atoms with Crippen molar-refractivity contribution in [1.29, 1.82) is 0 Å². The highest BCUT2D eigenvalue weighted by atomic mass is 32.1. The SMILES string of the molecule is CCC(C(=O)NC(Cc1ccccc1)C(=O)Nc1nnc(-c2ccc(N(C)C)cc2)s1)c1ccccc1. The first kappa shape index (κ1) is 26.0. The molecule has 2 amide bonds. The smallest absolute Gasteiger partial charge is 0.249 e. The second kappa shape index (κ2) is 12.3. The highest BCUT2D eigenvalue weighted by Crippen LogP contribution is 2.28. The average Bonchev–Trinajstić information content (AvgIpc) is 3.38. The van der Waals surface area contributed by atoms with Crippen LogP contribution in [0.5, 0.6) is 0 Å². The van der Waals surface area contributed by atoms with Gasteiger partial charge in [-0.2, -0.15) is 0 Å². The van der Waals surface area contributed by atoms with E-state index in [0.29, 0.717) is 23.0 Å². The number of rotatable bonds is 10. The number of hydrogen-bond donors (Lipinski definition) is 2. The molecule has 0 saturated heterocycles. The Morgan fingerprint density at radius 2 is 1.51 bits per heavy atom. The molecule has 0 radical (unpaired) electrons. The number of nitrogens with zero attached hydrogens (tertiary/aromatic N) is 3. The van der Waals surface area contributed by atoms with Crippen LogP contribution in [0.4, 0.5) is 10.8 Å². The lowest BCUT2D eigenvalue weighted by Crippen LogP contribution is -2.46. The van der Waals surface area contributed by atoms with E-state index in [9.17, 15) is 9.59 Å². The summed E-state index contributed by atoms with van der Waals surface area (Å²) < 4.78 is 0. The van der Waals surface area contributed by atoms with E-state index < -0.39 is 6.04 Å². The maximum absolute atomic E-state index is 13.4. The van der Waals surface area contributed by atoms with Gasteiger partial charge >= 0.3 is 0 Å². The Bertz CT molecular complexity index is 1310. The molecule has 190 valence electrons. The number of carbonyl (C=O) groups excluding carboxylic acids is 2. The standard InChI is InChI=1S/C29H31N5O2S/c1-4-24(21-13-9-6-10-14-21)26(35)30-25(19-20-11-7-5-8-12-20)27(36)31-29-33-32-28(37-29)22-15-17-23(18-16-22)34(2)3/h5-18,24-25H,4,19H2,1-3H3,(H,30,35)(H,31,33,36). The van der Waals surface area contributed by atoms with Gasteiger partial charge in [0.25, 0.3) is 0 Å². The molecule has 2 N–H and O–H groups in total. The van der Waals surface area contributed by atoms with E-state index in [1.807, 2.05) is 111 Å². The molecular formula is C29H31N5O2S. The van der Waals surface area contributed by atoms with Crippen LogP contribution in [-0.2, 0) is 16.0 Å². The van der Waals surface area contributed by atoms with Gasteiger partial charge in [0, 0.05) is 31.8 Å². The topological polar surface area (TPSA) is 87.2 Å². The van der Waals surface area contributed by atoms with Crippen LogP contribution in [0, 0.1) is 0 Å². The van der Waals surface area contributed by atoms with Crippen LogP contribution in [0.2, 0.25) is 0 Å². The molecule has 2 atom stereocenters. The van der Waals surface area contributed by atoms with E-state index in [1.54, 1.807) is 0 Å². The third kappa shape index (κ3) is 6.80. The van der Waals surface area contributed by atoms with Crippen molar-refractivity contribution < 1.29 is 9.59 Å². The van der Waals surface area contributed by atoms with Crippen molar-refractivity contribution in [3.8, 4) is 10.6 Å². The first-order valence-corrected chi connectivity index (χ1v) is 13.1. The van der Waals surface area contributed by atoms with Gasteiger partial charge in [0.05, 0.1) is 5.92 Å². The Hall–Kier alpha value is -4.04. The third-order valence-corrected chi connectivity index (χ3v) is 7.02. The molecule has 0 bridgehead atoms. The van der Waals surface area contributed by atoms with Gasteiger partial charge in [0.2, 0.25) is 16.9 Å². The second-order valence-corrected chi connectivity index (χ2v) is 9.94. The summed E-state index contributed by atoms with van der Waals surface area (Å²) in [6.45, 7) is 1.97. The fourth-order valence-corrected chi connectivity index (χ4v) is 4.83. The maximum atomic E-state index is 13.4. The average molecular weight is 514 g/mol. The Kier molecular flexibility index (Phi) is 8.64. The molecule has 8 heteroatoms. The van der Waals surface area contributed by atoms with Crippen LogP contribution in [0.25, 0.3) is 10.6 Å². The lowest BCUT2D eigenvalue weighted by atomic mass is 9.94. The van der Waals surface area contributed by atoms with E-state index in [-0.39, 0.29) is 17.7 Å². The van der Waals surface area contributed by atoms with E-state index >= 15 is 0 Å². The molecule has 4 rings (SSSR count). The van der Waals surface area contributed by atoms with Crippen molar-refractivity contribution in [2.75, 3.05) is 24.3 Å². The molecule has 7 nitrogen and oxygen atoms in total. The number of anilines is 2. The zero-order valence-corrected chi connectivity index (χ0v) is 22.0. The number of benzene rings is 3. The van der Waals surface area contributed by atoms with Crippen LogP contribution in [0.3, 0.4) is 0 Å². The van der Waals surface area contributed by atoms with Gasteiger partial charge in [-0.15, -0.1) is 10.2 Å². The minimum absolute atomic E-state index is 0.177. The van der Waals surface area contributed by atoms with Crippen LogP contribution in [-0.4, -0.2) is 42.1 Å². The largest absolute Gasteiger partial charge is 0.378 e. The number of carbonyl (C=O) groups is 2. The van der Waals surface area contributed by atoms with Crippen molar-refractivity contribution in [3.63, 3.8) is 0 Å². The zero-order valence-electron chi connectivity index (χ0n) is 21.2. The Morgan fingerprint density at radius 3 is 2.14 bits per heavy atom. The van der Waals surface area contributed by atoms with Crippen LogP contribution in [0.15, 0.2) is 84.9 Å². The molecule has 0 fully saturated rings. The van der Waals surface area contributed by atoms with Gasteiger partial charge in [-0.25, -0.2) is 0 Å². The summed E-state index contributed by atoms with van der Waals surface area (Å²) in [6, 6.07) is 26.5. The van der Waals surface area contributed by atoms with Crippen LogP contribution >= 0.6 is 11.3 Å². The summed E-state index contributed by atoms with van der Waals surface area (Å²) in [6.07, 6.45) is 0.989. The van der Waals surface area contributed by atoms with E-state index in [2.05, 4.69) is 20.8 Å². The zero-order chi connectivity index (χ0) is 26.2. The van der Waals surface area contributed by atoms with Gasteiger partial charge in [-0.05, 0) is 41.8 Å². The third-order valence-electron chi connectivity index (χ3n) is 6.13. The molecule has 0 aliphatic heterocycles. The first-order valence-electron chi connectivity index (χ1n) is 12.3. The maximum Gasteiger partial charge on any atom is 0.249 e. The molecule has 37 heavy (non-hydrogen) atoms. The number of nitrogens with one attached hydrogen (secondary N) is 2. The predicted octanol–water partition coefficient (Wildman–Crippen LogP) is 5.13. The van der Waals surface area contributed by atoms with Crippen LogP contribution in [0.1, 0.15) is 30.4 Å². The summed E-state index contributed by atoms with van der Waals surface area (Å²) in [5.41, 5.74) is 3.89. The molecule has 0 saturated carbocycles. The molecule has 0 aliphatic rings. The van der Waals surface area contributed by atoms with Crippen molar-refractivity contribution in [2.24, 2.45) is 0 Å². The Labute approximate surface area is 221 Å². The second-order valence-electron chi connectivity index (χ2n) is 8.97. The predicted molar refractivity (Wildman–Crippen MR) is 150 cm³/mol. The minimum Gasteiger partial charge on any atom is -0.378 e. The molecule has 1 aromatic heterocycles. The molecule has 2 unspecified atom stereocenters. The summed E-state index contributed by atoms with van der Waals surface area (Å²) >= 11 is 1.30. The summed E-state index contributed by atoms with van der Waals surface area (Å²) in [5, 5.41) is 15.4. The molecule has 0 aliphatic carbocycles. The first-order chi connectivity index (χ1) is 17.9. The number of amides is 2. The van der Waals surface area contributed by atoms with E-state index in [1.165, 1.54) is 11.3 Å². The summed E-state index contributed by atoms with van der Waals surface area (Å²) in [7, 11) is 3.97. The molecule has 3 aromatic carbocycles. The van der Waals surface area contributed by atoms with Crippen molar-refractivity contribution >= 4 is 34.0 Å². The molecule has 4 aromatic rings. The van der Waals surface area contributed by atoms with E-state index in [4.69, 9.17) is 0 Å². The Balaban J connectivity index is 1.50. The van der Waals surface area contributed by atoms with Crippen molar-refractivity contribution in [3.05, 3.63) is 96.1 Å². The van der Waals surface area contributed by atoms with Gasteiger partial charge < -0.3 is 10.2 Å². The molecular weight excluding hydrogens is 482 g/mol. The molecule has 1 heterocycles.